The van der Waals surface area contributed by atoms with Gasteiger partial charge in [0.25, 0.3) is 11.9 Å². The molecule has 1 atom stereocenters. The highest BCUT2D eigenvalue weighted by Crippen LogP contribution is 2.09. The maximum Gasteiger partial charge on any atom is 0.415 e. The van der Waals surface area contributed by atoms with E-state index in [1.54, 1.807) is 27.0 Å². The number of nitrogens with zero attached hydrogens (tertiary/aromatic N) is 2. The molecule has 2 N–H and O–H groups in total. The van der Waals surface area contributed by atoms with Crippen molar-refractivity contribution in [3.8, 4) is 0 Å². The molecule has 0 aromatic rings. The number of carbonyl (C=O) groups is 4. The van der Waals surface area contributed by atoms with Gasteiger partial charge in [-0.25, -0.2) is 9.59 Å². The molecule has 0 saturated heterocycles. The summed E-state index contributed by atoms with van der Waals surface area (Å²) in [5, 5.41) is 10.0. The Bertz CT molecular complexity index is 584. The standard InChI is InChI=1S/C16H29N3O5S.C2H4O2/c1-8-9-10-23-15(22)19(6)13(25-7)18-12(20)11(2)17-14(21)24-16(3,4)5;1-2(3)4/h11H,8-10H2,1-7H3,(H,17,21);1H3,(H,3,4)/t11-;/m0./s1. The zero-order valence-corrected chi connectivity index (χ0v) is 19.2. The van der Waals surface area contributed by atoms with Crippen molar-refractivity contribution < 1.29 is 33.8 Å². The molecule has 3 amide bonds. The van der Waals surface area contributed by atoms with Crippen LogP contribution in [0.15, 0.2) is 4.99 Å². The minimum Gasteiger partial charge on any atom is -0.481 e. The molecule has 0 aliphatic carbocycles. The number of thioether (sulfide) groups is 1. The second-order valence-electron chi connectivity index (χ2n) is 6.85. The first kappa shape index (κ1) is 28.9. The summed E-state index contributed by atoms with van der Waals surface area (Å²) in [6, 6.07) is -0.887. The first-order valence-electron chi connectivity index (χ1n) is 9.01. The van der Waals surface area contributed by atoms with Crippen LogP contribution < -0.4 is 5.32 Å². The predicted octanol–water partition coefficient (Wildman–Crippen LogP) is 3.10. The van der Waals surface area contributed by atoms with Crippen LogP contribution in [0.3, 0.4) is 0 Å². The monoisotopic (exact) mass is 435 g/mol. The van der Waals surface area contributed by atoms with Gasteiger partial charge < -0.3 is 19.9 Å². The molecule has 0 fully saturated rings. The van der Waals surface area contributed by atoms with Crippen molar-refractivity contribution in [3.63, 3.8) is 0 Å². The second-order valence-corrected chi connectivity index (χ2v) is 7.62. The Balaban J connectivity index is 0. The number of hydrogen-bond donors (Lipinski definition) is 2. The van der Waals surface area contributed by atoms with Gasteiger partial charge in [-0.15, -0.1) is 0 Å². The van der Waals surface area contributed by atoms with E-state index in [-0.39, 0.29) is 5.17 Å². The van der Waals surface area contributed by atoms with Crippen molar-refractivity contribution in [1.82, 2.24) is 10.2 Å². The van der Waals surface area contributed by atoms with Gasteiger partial charge in [-0.1, -0.05) is 25.1 Å². The maximum atomic E-state index is 12.2. The third-order valence-electron chi connectivity index (χ3n) is 2.78. The molecule has 29 heavy (non-hydrogen) atoms. The number of rotatable bonds is 5. The number of aliphatic carboxylic acids is 1. The fourth-order valence-electron chi connectivity index (χ4n) is 1.47. The van der Waals surface area contributed by atoms with E-state index >= 15 is 0 Å². The zero-order valence-electron chi connectivity index (χ0n) is 18.4. The third-order valence-corrected chi connectivity index (χ3v) is 3.51. The summed E-state index contributed by atoms with van der Waals surface area (Å²) in [6.45, 7) is 10.1. The molecular weight excluding hydrogens is 402 g/mol. The lowest BCUT2D eigenvalue weighted by atomic mass is 10.2. The molecule has 0 spiro atoms. The van der Waals surface area contributed by atoms with Crippen molar-refractivity contribution in [2.24, 2.45) is 4.99 Å². The molecule has 0 rings (SSSR count). The van der Waals surface area contributed by atoms with Crippen LogP contribution >= 0.6 is 11.8 Å². The lowest BCUT2D eigenvalue weighted by Crippen LogP contribution is -2.42. The van der Waals surface area contributed by atoms with Crippen LogP contribution in [-0.2, 0) is 19.1 Å². The second kappa shape index (κ2) is 14.7. The molecule has 10 nitrogen and oxygen atoms in total. The molecule has 0 aliphatic rings. The van der Waals surface area contributed by atoms with Crippen LogP contribution in [0.4, 0.5) is 9.59 Å². The fourth-order valence-corrected chi connectivity index (χ4v) is 2.00. The van der Waals surface area contributed by atoms with Crippen LogP contribution in [0, 0.1) is 0 Å². The van der Waals surface area contributed by atoms with Gasteiger partial charge in [0.1, 0.15) is 11.6 Å². The van der Waals surface area contributed by atoms with Crippen molar-refractivity contribution in [3.05, 3.63) is 0 Å². The highest BCUT2D eigenvalue weighted by atomic mass is 32.2. The van der Waals surface area contributed by atoms with E-state index in [2.05, 4.69) is 10.3 Å². The van der Waals surface area contributed by atoms with E-state index in [1.165, 1.54) is 18.9 Å². The van der Waals surface area contributed by atoms with Gasteiger partial charge in [0.2, 0.25) is 0 Å². The van der Waals surface area contributed by atoms with Gasteiger partial charge in [0, 0.05) is 14.0 Å². The molecule has 0 saturated carbocycles. The number of carboxylic acids is 1. The van der Waals surface area contributed by atoms with Crippen molar-refractivity contribution in [1.29, 1.82) is 0 Å². The molecule has 11 heteroatoms. The molecular formula is C18H33N3O7S. The summed E-state index contributed by atoms with van der Waals surface area (Å²) >= 11 is 1.13. The van der Waals surface area contributed by atoms with Crippen LogP contribution in [0.2, 0.25) is 0 Å². The summed E-state index contributed by atoms with van der Waals surface area (Å²) in [4.78, 5) is 49.8. The summed E-state index contributed by atoms with van der Waals surface area (Å²) in [5.74, 6) is -1.43. The summed E-state index contributed by atoms with van der Waals surface area (Å²) in [5.41, 5.74) is -0.664. The fraction of sp³-hybridized carbons (Fsp3) is 0.722. The van der Waals surface area contributed by atoms with Crippen LogP contribution in [0.1, 0.15) is 54.4 Å². The average molecular weight is 436 g/mol. The van der Waals surface area contributed by atoms with Crippen LogP contribution in [0.25, 0.3) is 0 Å². The Labute approximate surface area is 176 Å². The van der Waals surface area contributed by atoms with E-state index in [9.17, 15) is 14.4 Å². The van der Waals surface area contributed by atoms with Crippen molar-refractivity contribution in [2.75, 3.05) is 19.9 Å². The summed E-state index contributed by atoms with van der Waals surface area (Å²) in [6.07, 6.45) is 2.07. The van der Waals surface area contributed by atoms with Gasteiger partial charge in [0.05, 0.1) is 6.61 Å². The molecule has 0 aliphatic heterocycles. The third kappa shape index (κ3) is 16.4. The number of ether oxygens (including phenoxy) is 2. The highest BCUT2D eigenvalue weighted by molar-refractivity contribution is 8.13. The van der Waals surface area contributed by atoms with Crippen molar-refractivity contribution >= 4 is 41.0 Å². The zero-order chi connectivity index (χ0) is 23.2. The van der Waals surface area contributed by atoms with Gasteiger partial charge >= 0.3 is 12.2 Å². The Kier molecular flexibility index (Phi) is 14.6. The predicted molar refractivity (Wildman–Crippen MR) is 112 cm³/mol. The molecule has 0 unspecified atom stereocenters. The van der Waals surface area contributed by atoms with Gasteiger partial charge in [-0.2, -0.15) is 4.99 Å². The maximum absolute atomic E-state index is 12.2. The minimum absolute atomic E-state index is 0.185. The lowest BCUT2D eigenvalue weighted by Gasteiger charge is -2.21. The van der Waals surface area contributed by atoms with Gasteiger partial charge in [0.15, 0.2) is 5.17 Å². The first-order valence-corrected chi connectivity index (χ1v) is 10.2. The summed E-state index contributed by atoms with van der Waals surface area (Å²) < 4.78 is 10.2. The Morgan fingerprint density at radius 2 is 1.76 bits per heavy atom. The van der Waals surface area contributed by atoms with Crippen molar-refractivity contribution in [2.45, 2.75) is 66.0 Å². The average Bonchev–Trinajstić information content (AvgIpc) is 2.56. The van der Waals surface area contributed by atoms with E-state index in [0.29, 0.717) is 6.61 Å². The SMILES string of the molecule is CC(=O)O.CCCCOC(=O)N(C)C(=NC(=O)[C@H](C)NC(=O)OC(C)(C)C)SC. The van der Waals surface area contributed by atoms with Gasteiger partial charge in [-0.05, 0) is 40.4 Å². The molecule has 0 radical (unpaired) electrons. The molecule has 0 aromatic heterocycles. The summed E-state index contributed by atoms with van der Waals surface area (Å²) in [7, 11) is 1.48. The number of hydrogen-bond acceptors (Lipinski definition) is 7. The van der Waals surface area contributed by atoms with Crippen LogP contribution in [-0.4, -0.2) is 70.8 Å². The van der Waals surface area contributed by atoms with E-state index in [4.69, 9.17) is 19.4 Å². The highest BCUT2D eigenvalue weighted by Gasteiger charge is 2.23. The first-order chi connectivity index (χ1) is 13.2. The number of carbonyl (C=O) groups excluding carboxylic acids is 3. The van der Waals surface area contributed by atoms with E-state index in [1.807, 2.05) is 6.92 Å². The number of amidine groups is 1. The van der Waals surface area contributed by atoms with Gasteiger partial charge in [-0.3, -0.25) is 14.5 Å². The Morgan fingerprint density at radius 1 is 1.24 bits per heavy atom. The number of unbranched alkanes of at least 4 members (excludes halogenated alkanes) is 1. The molecule has 168 valence electrons. The van der Waals surface area contributed by atoms with Crippen LogP contribution in [0.5, 0.6) is 0 Å². The number of alkyl carbamates (subject to hydrolysis) is 1. The number of amides is 3. The lowest BCUT2D eigenvalue weighted by molar-refractivity contribution is -0.134. The smallest absolute Gasteiger partial charge is 0.415 e. The largest absolute Gasteiger partial charge is 0.481 e. The molecule has 0 bridgehead atoms. The normalized spacial score (nSPS) is 12.1. The Hall–Kier alpha value is -2.30. The topological polar surface area (TPSA) is 135 Å². The minimum atomic E-state index is -0.887. The molecule has 0 heterocycles. The number of nitrogens with one attached hydrogen (secondary N) is 1. The number of carboxylic acid groups (broad SMARTS) is 1. The Morgan fingerprint density at radius 3 is 2.17 bits per heavy atom. The quantitative estimate of drug-likeness (QED) is 0.382. The number of aliphatic imine (C=N–C) groups is 1. The van der Waals surface area contributed by atoms with E-state index < -0.39 is 35.7 Å². The molecule has 0 aromatic carbocycles. The van der Waals surface area contributed by atoms with E-state index in [0.717, 1.165) is 31.5 Å².